The molecule has 2 aliphatic rings. The standard InChI is InChI=1S/C12H23NO/c1-12(6-3-8-13-12)7-5-11-4-2-9-14-10-11/h11,13H,2-10H2,1H3. The van der Waals surface area contributed by atoms with E-state index in [1.54, 1.807) is 0 Å². The van der Waals surface area contributed by atoms with Crippen LogP contribution in [0.1, 0.15) is 45.4 Å². The third kappa shape index (κ3) is 2.71. The maximum atomic E-state index is 5.51. The van der Waals surface area contributed by atoms with Gasteiger partial charge in [-0.15, -0.1) is 0 Å². The molecule has 1 N–H and O–H groups in total. The molecule has 2 aliphatic heterocycles. The Morgan fingerprint density at radius 3 is 3.00 bits per heavy atom. The summed E-state index contributed by atoms with van der Waals surface area (Å²) in [4.78, 5) is 0. The molecular formula is C12H23NO. The van der Waals surface area contributed by atoms with Gasteiger partial charge in [-0.05, 0) is 57.9 Å². The highest BCUT2D eigenvalue weighted by Gasteiger charge is 2.28. The highest BCUT2D eigenvalue weighted by Crippen LogP contribution is 2.28. The fourth-order valence-electron chi connectivity index (χ4n) is 2.73. The average Bonchev–Trinajstić information content (AvgIpc) is 2.65. The first-order valence-electron chi connectivity index (χ1n) is 6.11. The molecule has 2 fully saturated rings. The molecule has 82 valence electrons. The second-order valence-corrected chi connectivity index (χ2v) is 5.21. The number of hydrogen-bond donors (Lipinski definition) is 1. The topological polar surface area (TPSA) is 21.3 Å². The van der Waals surface area contributed by atoms with Crippen LogP contribution in [-0.2, 0) is 4.74 Å². The quantitative estimate of drug-likeness (QED) is 0.750. The number of rotatable bonds is 3. The molecule has 0 amide bonds. The first kappa shape index (κ1) is 10.4. The molecule has 0 aromatic heterocycles. The normalized spacial score (nSPS) is 38.8. The van der Waals surface area contributed by atoms with Crippen LogP contribution in [0.2, 0.25) is 0 Å². The third-order valence-electron chi connectivity index (χ3n) is 3.82. The van der Waals surface area contributed by atoms with Crippen LogP contribution in [0.25, 0.3) is 0 Å². The van der Waals surface area contributed by atoms with E-state index in [1.807, 2.05) is 0 Å². The Morgan fingerprint density at radius 1 is 1.43 bits per heavy atom. The van der Waals surface area contributed by atoms with E-state index in [0.29, 0.717) is 5.54 Å². The van der Waals surface area contributed by atoms with Crippen molar-refractivity contribution in [1.29, 1.82) is 0 Å². The van der Waals surface area contributed by atoms with E-state index < -0.39 is 0 Å². The molecule has 2 heteroatoms. The molecule has 14 heavy (non-hydrogen) atoms. The van der Waals surface area contributed by atoms with E-state index in [2.05, 4.69) is 12.2 Å². The first-order chi connectivity index (χ1) is 6.79. The maximum Gasteiger partial charge on any atom is 0.0494 e. The molecule has 2 unspecified atom stereocenters. The molecule has 2 nitrogen and oxygen atoms in total. The monoisotopic (exact) mass is 197 g/mol. The second-order valence-electron chi connectivity index (χ2n) is 5.21. The van der Waals surface area contributed by atoms with Crippen LogP contribution in [0.5, 0.6) is 0 Å². The Hall–Kier alpha value is -0.0800. The smallest absolute Gasteiger partial charge is 0.0494 e. The summed E-state index contributed by atoms with van der Waals surface area (Å²) >= 11 is 0. The lowest BCUT2D eigenvalue weighted by atomic mass is 9.87. The van der Waals surface area contributed by atoms with Crippen LogP contribution >= 0.6 is 0 Å². The van der Waals surface area contributed by atoms with Crippen molar-refractivity contribution >= 4 is 0 Å². The molecule has 0 bridgehead atoms. The van der Waals surface area contributed by atoms with Crippen molar-refractivity contribution in [1.82, 2.24) is 5.32 Å². The Morgan fingerprint density at radius 2 is 2.36 bits per heavy atom. The van der Waals surface area contributed by atoms with E-state index >= 15 is 0 Å². The predicted molar refractivity (Wildman–Crippen MR) is 58.4 cm³/mol. The number of hydrogen-bond acceptors (Lipinski definition) is 2. The summed E-state index contributed by atoms with van der Waals surface area (Å²) in [5.74, 6) is 0.836. The molecule has 0 aromatic rings. The molecule has 2 rings (SSSR count). The van der Waals surface area contributed by atoms with Crippen LogP contribution < -0.4 is 5.32 Å². The molecule has 0 aromatic carbocycles. The van der Waals surface area contributed by atoms with Crippen LogP contribution in [0.4, 0.5) is 0 Å². The predicted octanol–water partition coefficient (Wildman–Crippen LogP) is 2.34. The van der Waals surface area contributed by atoms with Gasteiger partial charge in [0.25, 0.3) is 0 Å². The van der Waals surface area contributed by atoms with Crippen LogP contribution in [0.3, 0.4) is 0 Å². The van der Waals surface area contributed by atoms with Crippen molar-refractivity contribution in [3.63, 3.8) is 0 Å². The lowest BCUT2D eigenvalue weighted by molar-refractivity contribution is 0.0483. The zero-order valence-electron chi connectivity index (χ0n) is 9.35. The summed E-state index contributed by atoms with van der Waals surface area (Å²) in [6.45, 7) is 5.60. The Bertz CT molecular complexity index is 169. The summed E-state index contributed by atoms with van der Waals surface area (Å²) < 4.78 is 5.51. The van der Waals surface area contributed by atoms with Gasteiger partial charge < -0.3 is 10.1 Å². The number of nitrogens with one attached hydrogen (secondary N) is 1. The lowest BCUT2D eigenvalue weighted by Gasteiger charge is -2.28. The van der Waals surface area contributed by atoms with Gasteiger partial charge in [0, 0.05) is 18.8 Å². The minimum Gasteiger partial charge on any atom is -0.381 e. The molecule has 2 heterocycles. The second kappa shape index (κ2) is 4.63. The molecule has 0 aliphatic carbocycles. The van der Waals surface area contributed by atoms with Gasteiger partial charge in [-0.1, -0.05) is 0 Å². The van der Waals surface area contributed by atoms with E-state index in [4.69, 9.17) is 4.74 Å². The van der Waals surface area contributed by atoms with Gasteiger partial charge in [-0.2, -0.15) is 0 Å². The van der Waals surface area contributed by atoms with Crippen molar-refractivity contribution in [2.24, 2.45) is 5.92 Å². The van der Waals surface area contributed by atoms with Gasteiger partial charge in [-0.3, -0.25) is 0 Å². The van der Waals surface area contributed by atoms with Crippen molar-refractivity contribution in [3.05, 3.63) is 0 Å². The van der Waals surface area contributed by atoms with E-state index in [9.17, 15) is 0 Å². The van der Waals surface area contributed by atoms with Gasteiger partial charge in [-0.25, -0.2) is 0 Å². The molecular weight excluding hydrogens is 174 g/mol. The summed E-state index contributed by atoms with van der Waals surface area (Å²) in [6.07, 6.45) is 8.06. The lowest BCUT2D eigenvalue weighted by Crippen LogP contribution is -2.36. The van der Waals surface area contributed by atoms with E-state index in [0.717, 1.165) is 19.1 Å². The Balaban J connectivity index is 1.70. The summed E-state index contributed by atoms with van der Waals surface area (Å²) in [7, 11) is 0. The van der Waals surface area contributed by atoms with E-state index in [1.165, 1.54) is 45.1 Å². The SMILES string of the molecule is CC1(CCC2CCCOC2)CCCN1. The molecule has 2 atom stereocenters. The average molecular weight is 197 g/mol. The van der Waals surface area contributed by atoms with Crippen LogP contribution in [0.15, 0.2) is 0 Å². The zero-order chi connectivity index (χ0) is 9.86. The van der Waals surface area contributed by atoms with E-state index in [-0.39, 0.29) is 0 Å². The van der Waals surface area contributed by atoms with Crippen molar-refractivity contribution in [3.8, 4) is 0 Å². The van der Waals surface area contributed by atoms with Crippen molar-refractivity contribution in [2.45, 2.75) is 51.0 Å². The van der Waals surface area contributed by atoms with Gasteiger partial charge >= 0.3 is 0 Å². The molecule has 2 saturated heterocycles. The minimum atomic E-state index is 0.442. The van der Waals surface area contributed by atoms with Gasteiger partial charge in [0.2, 0.25) is 0 Å². The Kier molecular flexibility index (Phi) is 3.45. The van der Waals surface area contributed by atoms with Crippen molar-refractivity contribution < 1.29 is 4.74 Å². The summed E-state index contributed by atoms with van der Waals surface area (Å²) in [6, 6.07) is 0. The Labute approximate surface area is 87.4 Å². The van der Waals surface area contributed by atoms with Crippen molar-refractivity contribution in [2.75, 3.05) is 19.8 Å². The highest BCUT2D eigenvalue weighted by atomic mass is 16.5. The highest BCUT2D eigenvalue weighted by molar-refractivity contribution is 4.88. The van der Waals surface area contributed by atoms with Crippen LogP contribution in [0, 0.1) is 5.92 Å². The zero-order valence-corrected chi connectivity index (χ0v) is 9.35. The van der Waals surface area contributed by atoms with Crippen LogP contribution in [-0.4, -0.2) is 25.3 Å². The van der Waals surface area contributed by atoms with Gasteiger partial charge in [0.1, 0.15) is 0 Å². The van der Waals surface area contributed by atoms with Gasteiger partial charge in [0.05, 0.1) is 0 Å². The fourth-order valence-corrected chi connectivity index (χ4v) is 2.73. The number of ether oxygens (including phenoxy) is 1. The third-order valence-corrected chi connectivity index (χ3v) is 3.82. The molecule has 0 spiro atoms. The summed E-state index contributed by atoms with van der Waals surface area (Å²) in [5, 5.41) is 3.63. The van der Waals surface area contributed by atoms with Gasteiger partial charge in [0.15, 0.2) is 0 Å². The minimum absolute atomic E-state index is 0.442. The molecule has 0 saturated carbocycles. The maximum absolute atomic E-state index is 5.51. The first-order valence-corrected chi connectivity index (χ1v) is 6.11. The largest absolute Gasteiger partial charge is 0.381 e. The molecule has 0 radical (unpaired) electrons. The summed E-state index contributed by atoms with van der Waals surface area (Å²) in [5.41, 5.74) is 0.442. The fraction of sp³-hybridized carbons (Fsp3) is 1.00.